The summed E-state index contributed by atoms with van der Waals surface area (Å²) >= 11 is 1.75. The van der Waals surface area contributed by atoms with E-state index in [0.29, 0.717) is 5.82 Å². The van der Waals surface area contributed by atoms with Crippen molar-refractivity contribution in [3.63, 3.8) is 0 Å². The summed E-state index contributed by atoms with van der Waals surface area (Å²) in [5.74, 6) is 0.335. The summed E-state index contributed by atoms with van der Waals surface area (Å²) in [7, 11) is 0. The summed E-state index contributed by atoms with van der Waals surface area (Å²) < 4.78 is 0. The molecule has 0 bridgehead atoms. The Hall–Kier alpha value is -1.95. The number of hydrogen-bond acceptors (Lipinski definition) is 5. The van der Waals surface area contributed by atoms with Crippen LogP contribution in [0.1, 0.15) is 22.2 Å². The van der Waals surface area contributed by atoms with Gasteiger partial charge < -0.3 is 5.32 Å². The predicted molar refractivity (Wildman–Crippen MR) is 81.5 cm³/mol. The molecular weight excluding hydrogens is 274 g/mol. The van der Waals surface area contributed by atoms with E-state index < -0.39 is 4.92 Å². The molecule has 0 saturated heterocycles. The molecule has 106 valence electrons. The Morgan fingerprint density at radius 2 is 2.20 bits per heavy atom. The number of hydrogen-bond donors (Lipinski definition) is 1. The highest BCUT2D eigenvalue weighted by molar-refractivity contribution is 7.11. The predicted octanol–water partition coefficient (Wildman–Crippen LogP) is 3.71. The van der Waals surface area contributed by atoms with Crippen molar-refractivity contribution in [3.8, 4) is 0 Å². The minimum atomic E-state index is -0.398. The minimum Gasteiger partial charge on any atom is -0.362 e. The molecule has 0 aliphatic carbocycles. The molecule has 0 radical (unpaired) electrons. The van der Waals surface area contributed by atoms with E-state index in [1.54, 1.807) is 24.5 Å². The highest BCUT2D eigenvalue weighted by Crippen LogP contribution is 2.24. The van der Waals surface area contributed by atoms with Gasteiger partial charge in [0.15, 0.2) is 0 Å². The zero-order valence-electron chi connectivity index (χ0n) is 11.7. The molecule has 0 spiro atoms. The van der Waals surface area contributed by atoms with E-state index >= 15 is 0 Å². The number of aromatic nitrogens is 1. The third kappa shape index (κ3) is 3.54. The molecule has 1 unspecified atom stereocenters. The van der Waals surface area contributed by atoms with Gasteiger partial charge in [0.25, 0.3) is 0 Å². The van der Waals surface area contributed by atoms with Crippen LogP contribution in [0.25, 0.3) is 0 Å². The van der Waals surface area contributed by atoms with Gasteiger partial charge in [-0.15, -0.1) is 11.3 Å². The fourth-order valence-corrected chi connectivity index (χ4v) is 3.00. The zero-order chi connectivity index (χ0) is 14.7. The monoisotopic (exact) mass is 291 g/mol. The van der Waals surface area contributed by atoms with Crippen LogP contribution in [0.3, 0.4) is 0 Å². The third-order valence-corrected chi connectivity index (χ3v) is 3.91. The molecule has 0 aliphatic heterocycles. The van der Waals surface area contributed by atoms with E-state index in [0.717, 1.165) is 12.0 Å². The van der Waals surface area contributed by atoms with Crippen molar-refractivity contribution < 1.29 is 4.92 Å². The molecule has 0 amide bonds. The fourth-order valence-electron chi connectivity index (χ4n) is 1.99. The maximum atomic E-state index is 11.0. The van der Waals surface area contributed by atoms with Gasteiger partial charge in [0.2, 0.25) is 5.82 Å². The Kier molecular flexibility index (Phi) is 4.34. The average Bonchev–Trinajstić information content (AvgIpc) is 2.76. The Labute approximate surface area is 121 Å². The summed E-state index contributed by atoms with van der Waals surface area (Å²) in [4.78, 5) is 17.3. The topological polar surface area (TPSA) is 68.1 Å². The zero-order valence-corrected chi connectivity index (χ0v) is 12.5. The number of nitrogens with one attached hydrogen (secondary N) is 1. The van der Waals surface area contributed by atoms with Crippen LogP contribution in [-0.4, -0.2) is 15.9 Å². The molecule has 2 aromatic rings. The number of nitrogens with zero attached hydrogens (tertiary/aromatic N) is 2. The van der Waals surface area contributed by atoms with Crippen LogP contribution in [0.15, 0.2) is 24.4 Å². The summed E-state index contributed by atoms with van der Waals surface area (Å²) in [6.45, 7) is 5.86. The van der Waals surface area contributed by atoms with Gasteiger partial charge in [-0.2, -0.15) is 0 Å². The van der Waals surface area contributed by atoms with Crippen molar-refractivity contribution >= 4 is 22.8 Å². The quantitative estimate of drug-likeness (QED) is 0.673. The van der Waals surface area contributed by atoms with E-state index in [-0.39, 0.29) is 11.7 Å². The van der Waals surface area contributed by atoms with Gasteiger partial charge in [-0.25, -0.2) is 4.98 Å². The fraction of sp³-hybridized carbons (Fsp3) is 0.357. The van der Waals surface area contributed by atoms with Crippen LogP contribution in [-0.2, 0) is 6.42 Å². The lowest BCUT2D eigenvalue weighted by Gasteiger charge is -2.13. The number of rotatable bonds is 5. The summed E-state index contributed by atoms with van der Waals surface area (Å²) in [6.07, 6.45) is 2.46. The Balaban J connectivity index is 2.11. The smallest absolute Gasteiger partial charge is 0.311 e. The van der Waals surface area contributed by atoms with E-state index in [4.69, 9.17) is 0 Å². The molecule has 0 aliphatic rings. The van der Waals surface area contributed by atoms with E-state index in [1.165, 1.54) is 15.8 Å². The maximum Gasteiger partial charge on any atom is 0.311 e. The van der Waals surface area contributed by atoms with Crippen molar-refractivity contribution in [2.24, 2.45) is 0 Å². The first-order valence-electron chi connectivity index (χ1n) is 6.38. The first-order valence-corrected chi connectivity index (χ1v) is 7.20. The Morgan fingerprint density at radius 3 is 2.80 bits per heavy atom. The van der Waals surface area contributed by atoms with Crippen LogP contribution in [0.4, 0.5) is 11.5 Å². The van der Waals surface area contributed by atoms with Gasteiger partial charge in [-0.3, -0.25) is 10.1 Å². The number of nitro groups is 1. The van der Waals surface area contributed by atoms with E-state index in [1.807, 2.05) is 6.92 Å². The molecule has 1 N–H and O–H groups in total. The van der Waals surface area contributed by atoms with Crippen LogP contribution < -0.4 is 5.32 Å². The molecule has 2 heterocycles. The lowest BCUT2D eigenvalue weighted by Crippen LogP contribution is -2.19. The first kappa shape index (κ1) is 14.5. The number of anilines is 1. The molecule has 0 saturated carbocycles. The average molecular weight is 291 g/mol. The van der Waals surface area contributed by atoms with Crippen molar-refractivity contribution in [2.75, 3.05) is 5.32 Å². The maximum absolute atomic E-state index is 11.0. The van der Waals surface area contributed by atoms with Crippen LogP contribution in [0.5, 0.6) is 0 Å². The standard InChI is InChI=1S/C14H17N3O2S/c1-9-6-13(17(18)19)14(15-8-9)16-10(2)7-12-5-4-11(3)20-12/h4-6,8,10H,7H2,1-3H3,(H,15,16). The second-order valence-electron chi connectivity index (χ2n) is 4.90. The summed E-state index contributed by atoms with van der Waals surface area (Å²) in [5, 5.41) is 14.2. The van der Waals surface area contributed by atoms with Gasteiger partial charge in [-0.05, 0) is 38.5 Å². The van der Waals surface area contributed by atoms with Gasteiger partial charge in [-0.1, -0.05) is 0 Å². The number of pyridine rings is 1. The largest absolute Gasteiger partial charge is 0.362 e. The summed E-state index contributed by atoms with van der Waals surface area (Å²) in [5.41, 5.74) is 0.808. The molecule has 0 fully saturated rings. The van der Waals surface area contributed by atoms with Crippen LogP contribution in [0, 0.1) is 24.0 Å². The van der Waals surface area contributed by atoms with E-state index in [9.17, 15) is 10.1 Å². The minimum absolute atomic E-state index is 0.0270. The van der Waals surface area contributed by atoms with Crippen LogP contribution in [0.2, 0.25) is 0 Å². The second kappa shape index (κ2) is 6.00. The Bertz CT molecular complexity index is 625. The number of thiophene rings is 1. The molecule has 6 heteroatoms. The molecule has 2 rings (SSSR count). The molecule has 0 aromatic carbocycles. The van der Waals surface area contributed by atoms with E-state index in [2.05, 4.69) is 29.4 Å². The van der Waals surface area contributed by atoms with Gasteiger partial charge in [0, 0.05) is 34.5 Å². The van der Waals surface area contributed by atoms with Gasteiger partial charge in [0.05, 0.1) is 4.92 Å². The second-order valence-corrected chi connectivity index (χ2v) is 6.27. The normalized spacial score (nSPS) is 12.2. The van der Waals surface area contributed by atoms with Crippen molar-refractivity contribution in [2.45, 2.75) is 33.2 Å². The van der Waals surface area contributed by atoms with Crippen molar-refractivity contribution in [1.82, 2.24) is 4.98 Å². The Morgan fingerprint density at radius 1 is 1.45 bits per heavy atom. The number of aryl methyl sites for hydroxylation is 2. The highest BCUT2D eigenvalue weighted by atomic mass is 32.1. The van der Waals surface area contributed by atoms with Crippen molar-refractivity contribution in [1.29, 1.82) is 0 Å². The SMILES string of the molecule is Cc1cnc(NC(C)Cc2ccc(C)s2)c([N+](=O)[O-])c1. The molecule has 5 nitrogen and oxygen atoms in total. The molecule has 1 atom stereocenters. The lowest BCUT2D eigenvalue weighted by atomic mass is 10.2. The highest BCUT2D eigenvalue weighted by Gasteiger charge is 2.17. The van der Waals surface area contributed by atoms with Gasteiger partial charge >= 0.3 is 5.69 Å². The molecule has 20 heavy (non-hydrogen) atoms. The lowest BCUT2D eigenvalue weighted by molar-refractivity contribution is -0.384. The van der Waals surface area contributed by atoms with Gasteiger partial charge in [0.1, 0.15) is 0 Å². The summed E-state index contributed by atoms with van der Waals surface area (Å²) in [6, 6.07) is 5.80. The van der Waals surface area contributed by atoms with Crippen molar-refractivity contribution in [3.05, 3.63) is 49.8 Å². The molecular formula is C14H17N3O2S. The molecule has 2 aromatic heterocycles. The third-order valence-electron chi connectivity index (χ3n) is 2.89. The van der Waals surface area contributed by atoms with Crippen LogP contribution >= 0.6 is 11.3 Å². The first-order chi connectivity index (χ1) is 9.45.